The van der Waals surface area contributed by atoms with Crippen LogP contribution in [0.1, 0.15) is 49.7 Å². The van der Waals surface area contributed by atoms with E-state index in [4.69, 9.17) is 5.11 Å². The minimum Gasteiger partial charge on any atom is -0.464 e. The van der Waals surface area contributed by atoms with Gasteiger partial charge in [0.05, 0.1) is 11.3 Å². The molecule has 0 aliphatic carbocycles. The van der Waals surface area contributed by atoms with E-state index in [1.54, 1.807) is 11.8 Å². The first-order valence-corrected chi connectivity index (χ1v) is 9.26. The Labute approximate surface area is 162 Å². The minimum atomic E-state index is -1.35. The van der Waals surface area contributed by atoms with Gasteiger partial charge in [-0.15, -0.1) is 0 Å². The third kappa shape index (κ3) is 5.08. The predicted molar refractivity (Wildman–Crippen MR) is 99.2 cm³/mol. The van der Waals surface area contributed by atoms with Crippen LogP contribution >= 0.6 is 0 Å². The molecule has 1 saturated heterocycles. The van der Waals surface area contributed by atoms with Crippen LogP contribution in [-0.4, -0.2) is 63.2 Å². The predicted octanol–water partition coefficient (Wildman–Crippen LogP) is 1.99. The number of aromatic nitrogens is 1. The van der Waals surface area contributed by atoms with Gasteiger partial charge in [0, 0.05) is 37.8 Å². The Bertz CT molecular complexity index is 735. The molecule has 0 aromatic carbocycles. The molecule has 4 amide bonds. The lowest BCUT2D eigenvalue weighted by Gasteiger charge is -2.26. The third-order valence-corrected chi connectivity index (χ3v) is 4.78. The van der Waals surface area contributed by atoms with E-state index in [0.717, 1.165) is 17.9 Å². The summed E-state index contributed by atoms with van der Waals surface area (Å²) in [6.45, 7) is 5.75. The molecule has 0 radical (unpaired) electrons. The Balaban J connectivity index is 1.94. The van der Waals surface area contributed by atoms with Crippen LogP contribution in [0.25, 0.3) is 0 Å². The fourth-order valence-corrected chi connectivity index (χ4v) is 3.28. The van der Waals surface area contributed by atoms with Crippen LogP contribution in [0.15, 0.2) is 12.3 Å². The van der Waals surface area contributed by atoms with Crippen molar-refractivity contribution in [3.8, 4) is 0 Å². The van der Waals surface area contributed by atoms with Gasteiger partial charge in [-0.2, -0.15) is 0 Å². The van der Waals surface area contributed by atoms with Crippen molar-refractivity contribution < 1.29 is 23.9 Å². The van der Waals surface area contributed by atoms with Crippen molar-refractivity contribution in [2.24, 2.45) is 0 Å². The molecule has 0 bridgehead atoms. The van der Waals surface area contributed by atoms with E-state index in [1.165, 1.54) is 12.3 Å². The van der Waals surface area contributed by atoms with Crippen LogP contribution in [0.2, 0.25) is 0 Å². The van der Waals surface area contributed by atoms with Crippen molar-refractivity contribution in [2.45, 2.75) is 52.1 Å². The van der Waals surface area contributed by atoms with Crippen molar-refractivity contribution in [3.05, 3.63) is 29.3 Å². The van der Waals surface area contributed by atoms with E-state index in [2.05, 4.69) is 10.3 Å². The number of hydrogen-bond acceptors (Lipinski definition) is 4. The standard InChI is InChI=1S/C18H26FN5O4/c1-4-23(22-18(27)28)17(26)20-8-7-15-14(19)9-13(10-21-15)16(25)24-11(2)5-6-12(24)3/h9-12,22H,4-8H2,1-3H3,(H,20,26)(H,27,28)/t11-,12+. The van der Waals surface area contributed by atoms with Crippen LogP contribution in [0.3, 0.4) is 0 Å². The largest absolute Gasteiger partial charge is 0.464 e. The molecule has 3 N–H and O–H groups in total. The summed E-state index contributed by atoms with van der Waals surface area (Å²) in [7, 11) is 0. The molecule has 1 aromatic heterocycles. The number of nitrogens with zero attached hydrogens (tertiary/aromatic N) is 3. The smallest absolute Gasteiger partial charge is 0.423 e. The highest BCUT2D eigenvalue weighted by atomic mass is 19.1. The molecule has 154 valence electrons. The van der Waals surface area contributed by atoms with Crippen LogP contribution in [-0.2, 0) is 6.42 Å². The summed E-state index contributed by atoms with van der Waals surface area (Å²) in [5.74, 6) is -0.849. The first kappa shape index (κ1) is 21.4. The Hall–Kier alpha value is -2.91. The fraction of sp³-hybridized carbons (Fsp3) is 0.556. The average Bonchev–Trinajstić information content (AvgIpc) is 2.98. The number of hydrogen-bond donors (Lipinski definition) is 3. The monoisotopic (exact) mass is 395 g/mol. The van der Waals surface area contributed by atoms with Gasteiger partial charge in [0.25, 0.3) is 5.91 Å². The molecule has 10 heteroatoms. The lowest BCUT2D eigenvalue weighted by molar-refractivity contribution is 0.0691. The molecule has 0 spiro atoms. The van der Waals surface area contributed by atoms with Crippen LogP contribution in [0.4, 0.5) is 14.0 Å². The number of nitrogens with one attached hydrogen (secondary N) is 2. The van der Waals surface area contributed by atoms with Gasteiger partial charge in [0.15, 0.2) is 0 Å². The molecule has 1 aliphatic heterocycles. The molecular formula is C18H26FN5O4. The Kier molecular flexibility index (Phi) is 7.13. The lowest BCUT2D eigenvalue weighted by Crippen LogP contribution is -2.50. The quantitative estimate of drug-likeness (QED) is 0.660. The molecule has 2 atom stereocenters. The zero-order valence-corrected chi connectivity index (χ0v) is 16.2. The van der Waals surface area contributed by atoms with Gasteiger partial charge in [0.1, 0.15) is 5.82 Å². The molecule has 1 aromatic rings. The number of amides is 4. The Morgan fingerprint density at radius 1 is 1.32 bits per heavy atom. The van der Waals surface area contributed by atoms with Gasteiger partial charge in [0.2, 0.25) is 0 Å². The Morgan fingerprint density at radius 2 is 1.96 bits per heavy atom. The zero-order chi connectivity index (χ0) is 20.8. The summed E-state index contributed by atoms with van der Waals surface area (Å²) in [6.07, 6.45) is 1.95. The summed E-state index contributed by atoms with van der Waals surface area (Å²) in [4.78, 5) is 40.9. The second kappa shape index (κ2) is 9.34. The van der Waals surface area contributed by atoms with Crippen molar-refractivity contribution in [1.29, 1.82) is 0 Å². The summed E-state index contributed by atoms with van der Waals surface area (Å²) in [5, 5.41) is 12.0. The highest BCUT2D eigenvalue weighted by Crippen LogP contribution is 2.25. The van der Waals surface area contributed by atoms with Gasteiger partial charge < -0.3 is 15.3 Å². The highest BCUT2D eigenvalue weighted by molar-refractivity contribution is 5.94. The van der Waals surface area contributed by atoms with E-state index in [1.807, 2.05) is 19.3 Å². The van der Waals surface area contributed by atoms with Crippen molar-refractivity contribution in [3.63, 3.8) is 0 Å². The topological polar surface area (TPSA) is 115 Å². The lowest BCUT2D eigenvalue weighted by atomic mass is 10.1. The number of carboxylic acid groups (broad SMARTS) is 1. The number of pyridine rings is 1. The van der Waals surface area contributed by atoms with Gasteiger partial charge in [-0.05, 0) is 39.7 Å². The van der Waals surface area contributed by atoms with Crippen LogP contribution in [0.5, 0.6) is 0 Å². The first-order chi connectivity index (χ1) is 13.2. The van der Waals surface area contributed by atoms with Crippen LogP contribution < -0.4 is 10.7 Å². The Morgan fingerprint density at radius 3 is 2.50 bits per heavy atom. The molecule has 1 fully saturated rings. The molecule has 2 heterocycles. The molecule has 2 rings (SSSR count). The van der Waals surface area contributed by atoms with Crippen molar-refractivity contribution in [1.82, 2.24) is 25.6 Å². The summed E-state index contributed by atoms with van der Waals surface area (Å²) < 4.78 is 14.4. The number of carbonyl (C=O) groups is 3. The molecule has 1 aliphatic rings. The van der Waals surface area contributed by atoms with Crippen molar-refractivity contribution in [2.75, 3.05) is 13.1 Å². The third-order valence-electron chi connectivity index (χ3n) is 4.78. The number of urea groups is 1. The molecule has 0 saturated carbocycles. The summed E-state index contributed by atoms with van der Waals surface area (Å²) in [6, 6.07) is 0.756. The maximum Gasteiger partial charge on any atom is 0.423 e. The van der Waals surface area contributed by atoms with E-state index < -0.39 is 17.9 Å². The van der Waals surface area contributed by atoms with E-state index >= 15 is 0 Å². The van der Waals surface area contributed by atoms with Gasteiger partial charge >= 0.3 is 12.1 Å². The van der Waals surface area contributed by atoms with Gasteiger partial charge in [-0.1, -0.05) is 0 Å². The van der Waals surface area contributed by atoms with E-state index in [-0.39, 0.29) is 48.8 Å². The summed E-state index contributed by atoms with van der Waals surface area (Å²) in [5.41, 5.74) is 2.27. The normalized spacial score (nSPS) is 18.6. The number of carbonyl (C=O) groups excluding carboxylic acids is 2. The number of hydrazine groups is 1. The average molecular weight is 395 g/mol. The minimum absolute atomic E-state index is 0.0635. The number of likely N-dealkylation sites (tertiary alicyclic amines) is 1. The molecular weight excluding hydrogens is 369 g/mol. The number of rotatable bonds is 5. The molecule has 28 heavy (non-hydrogen) atoms. The van der Waals surface area contributed by atoms with Gasteiger partial charge in [-0.25, -0.2) is 24.4 Å². The second-order valence-electron chi connectivity index (χ2n) is 6.78. The molecule has 9 nitrogen and oxygen atoms in total. The first-order valence-electron chi connectivity index (χ1n) is 9.26. The van der Waals surface area contributed by atoms with Crippen LogP contribution in [0, 0.1) is 5.82 Å². The highest BCUT2D eigenvalue weighted by Gasteiger charge is 2.32. The maximum absolute atomic E-state index is 14.4. The zero-order valence-electron chi connectivity index (χ0n) is 16.2. The second-order valence-corrected chi connectivity index (χ2v) is 6.78. The fourth-order valence-electron chi connectivity index (χ4n) is 3.28. The van der Waals surface area contributed by atoms with E-state index in [0.29, 0.717) is 0 Å². The van der Waals surface area contributed by atoms with Gasteiger partial charge in [-0.3, -0.25) is 9.78 Å². The number of halogens is 1. The summed E-state index contributed by atoms with van der Waals surface area (Å²) >= 11 is 0. The van der Waals surface area contributed by atoms with E-state index in [9.17, 15) is 18.8 Å². The molecule has 0 unspecified atom stereocenters. The van der Waals surface area contributed by atoms with Crippen molar-refractivity contribution >= 4 is 18.0 Å². The maximum atomic E-state index is 14.4. The SMILES string of the molecule is CCN(NC(=O)O)C(=O)NCCc1ncc(C(=O)N2[C@H](C)CC[C@@H]2C)cc1F.